The number of rotatable bonds is 5. The Labute approximate surface area is 195 Å². The van der Waals surface area contributed by atoms with Gasteiger partial charge in [0.2, 0.25) is 0 Å². The largest absolute Gasteiger partial charge is 0.493 e. The lowest BCUT2D eigenvalue weighted by molar-refractivity contribution is -0.160. The van der Waals surface area contributed by atoms with Crippen LogP contribution in [0.4, 0.5) is 0 Å². The molecule has 0 aliphatic carbocycles. The maximum atomic E-state index is 12.4. The Kier molecular flexibility index (Phi) is 6.26. The summed E-state index contributed by atoms with van der Waals surface area (Å²) in [6.45, 7) is 10.2. The van der Waals surface area contributed by atoms with Gasteiger partial charge in [-0.3, -0.25) is 4.98 Å². The van der Waals surface area contributed by atoms with Crippen molar-refractivity contribution in [2.75, 3.05) is 6.61 Å². The zero-order valence-electron chi connectivity index (χ0n) is 19.9. The molecule has 1 aliphatic rings. The van der Waals surface area contributed by atoms with E-state index in [1.54, 1.807) is 0 Å². The number of carboxylic acid groups (broad SMARTS) is 1. The first kappa shape index (κ1) is 23.0. The van der Waals surface area contributed by atoms with Crippen LogP contribution in [0.15, 0.2) is 48.5 Å². The Hall–Kier alpha value is -3.18. The maximum absolute atomic E-state index is 12.4. The molecule has 1 aromatic heterocycles. The quantitative estimate of drug-likeness (QED) is 0.499. The van der Waals surface area contributed by atoms with E-state index in [0.29, 0.717) is 11.3 Å². The Morgan fingerprint density at radius 2 is 1.82 bits per heavy atom. The van der Waals surface area contributed by atoms with Crippen molar-refractivity contribution in [2.45, 2.75) is 59.2 Å². The number of hydrogen-bond donors (Lipinski definition) is 1. The van der Waals surface area contributed by atoms with Crippen LogP contribution in [0.1, 0.15) is 55.7 Å². The van der Waals surface area contributed by atoms with E-state index in [2.05, 4.69) is 6.07 Å². The summed E-state index contributed by atoms with van der Waals surface area (Å²) in [6, 6.07) is 16.1. The molecule has 0 radical (unpaired) electrons. The predicted molar refractivity (Wildman–Crippen MR) is 130 cm³/mol. The highest BCUT2D eigenvalue weighted by Crippen LogP contribution is 2.41. The van der Waals surface area contributed by atoms with Crippen molar-refractivity contribution in [3.63, 3.8) is 0 Å². The number of pyridine rings is 1. The number of aliphatic carboxylic acids is 1. The number of fused-ring (bicyclic) bond motifs is 1. The molecule has 1 aliphatic heterocycles. The van der Waals surface area contributed by atoms with Crippen molar-refractivity contribution in [2.24, 2.45) is 0 Å². The average Bonchev–Trinajstić information content (AvgIpc) is 2.78. The number of aromatic nitrogens is 1. The van der Waals surface area contributed by atoms with Gasteiger partial charge in [-0.25, -0.2) is 4.79 Å². The number of hydrogen-bond acceptors (Lipinski definition) is 4. The number of benzene rings is 2. The van der Waals surface area contributed by atoms with E-state index < -0.39 is 17.7 Å². The van der Waals surface area contributed by atoms with E-state index in [9.17, 15) is 9.90 Å². The lowest BCUT2D eigenvalue weighted by Crippen LogP contribution is -2.28. The molecule has 1 N–H and O–H groups in total. The highest BCUT2D eigenvalue weighted by Gasteiger charge is 2.33. The van der Waals surface area contributed by atoms with Crippen LogP contribution in [0.3, 0.4) is 0 Å². The SMILES string of the molecule is Cc1nc(-c2ccccc2)c(C)c(-c2ccc3c(c2)CCCO3)c1[C@H](OC(C)(C)C)C(=O)O. The molecule has 0 unspecified atom stereocenters. The smallest absolute Gasteiger partial charge is 0.337 e. The molecule has 5 heteroatoms. The minimum Gasteiger partial charge on any atom is -0.493 e. The summed E-state index contributed by atoms with van der Waals surface area (Å²) in [6.07, 6.45) is 0.773. The third kappa shape index (κ3) is 4.79. The van der Waals surface area contributed by atoms with Crippen LogP contribution in [0, 0.1) is 13.8 Å². The topological polar surface area (TPSA) is 68.7 Å². The predicted octanol–water partition coefficient (Wildman–Crippen LogP) is 6.30. The molecule has 1 atom stereocenters. The first-order chi connectivity index (χ1) is 15.7. The monoisotopic (exact) mass is 445 g/mol. The van der Waals surface area contributed by atoms with E-state index >= 15 is 0 Å². The Morgan fingerprint density at radius 3 is 2.48 bits per heavy atom. The van der Waals surface area contributed by atoms with Gasteiger partial charge in [-0.1, -0.05) is 36.4 Å². The molecule has 0 fully saturated rings. The molecule has 33 heavy (non-hydrogen) atoms. The normalized spacial score (nSPS) is 14.3. The first-order valence-corrected chi connectivity index (χ1v) is 11.4. The molecule has 3 aromatic rings. The lowest BCUT2D eigenvalue weighted by atomic mass is 9.87. The molecular formula is C28H31NO4. The second-order valence-corrected chi connectivity index (χ2v) is 9.55. The first-order valence-electron chi connectivity index (χ1n) is 11.4. The van der Waals surface area contributed by atoms with Gasteiger partial charge in [0.05, 0.1) is 17.9 Å². The van der Waals surface area contributed by atoms with Crippen LogP contribution in [-0.2, 0) is 16.0 Å². The second kappa shape index (κ2) is 8.99. The van der Waals surface area contributed by atoms with Gasteiger partial charge in [0.15, 0.2) is 6.10 Å². The average molecular weight is 446 g/mol. The summed E-state index contributed by atoms with van der Waals surface area (Å²) in [5, 5.41) is 10.2. The molecule has 0 amide bonds. The van der Waals surface area contributed by atoms with Crippen molar-refractivity contribution in [1.82, 2.24) is 4.98 Å². The molecule has 4 rings (SSSR count). The van der Waals surface area contributed by atoms with Gasteiger partial charge in [-0.2, -0.15) is 0 Å². The number of aryl methyl sites for hydroxylation is 2. The van der Waals surface area contributed by atoms with Crippen LogP contribution >= 0.6 is 0 Å². The molecule has 2 heterocycles. The summed E-state index contributed by atoms with van der Waals surface area (Å²) < 4.78 is 11.9. The van der Waals surface area contributed by atoms with E-state index in [4.69, 9.17) is 14.5 Å². The Morgan fingerprint density at radius 1 is 1.09 bits per heavy atom. The van der Waals surface area contributed by atoms with Gasteiger partial charge in [-0.15, -0.1) is 0 Å². The third-order valence-corrected chi connectivity index (χ3v) is 5.87. The Balaban J connectivity index is 2.00. The maximum Gasteiger partial charge on any atom is 0.337 e. The van der Waals surface area contributed by atoms with Crippen LogP contribution in [0.5, 0.6) is 5.75 Å². The van der Waals surface area contributed by atoms with Crippen LogP contribution in [-0.4, -0.2) is 28.3 Å². The minimum atomic E-state index is -1.14. The van der Waals surface area contributed by atoms with Crippen molar-refractivity contribution < 1.29 is 19.4 Å². The van der Waals surface area contributed by atoms with Gasteiger partial charge >= 0.3 is 5.97 Å². The van der Waals surface area contributed by atoms with Gasteiger partial charge in [0, 0.05) is 16.8 Å². The highest BCUT2D eigenvalue weighted by atomic mass is 16.5. The summed E-state index contributed by atoms with van der Waals surface area (Å²) in [5.41, 5.74) is 6.36. The van der Waals surface area contributed by atoms with Crippen molar-refractivity contribution in [1.29, 1.82) is 0 Å². The number of ether oxygens (including phenoxy) is 2. The summed E-state index contributed by atoms with van der Waals surface area (Å²) >= 11 is 0. The van der Waals surface area contributed by atoms with Gasteiger partial charge in [-0.05, 0) is 81.8 Å². The molecule has 2 aromatic carbocycles. The summed E-state index contributed by atoms with van der Waals surface area (Å²) in [5.74, 6) is -0.122. The van der Waals surface area contributed by atoms with Crippen LogP contribution in [0.2, 0.25) is 0 Å². The number of carboxylic acids is 1. The van der Waals surface area contributed by atoms with E-state index in [1.165, 1.54) is 0 Å². The summed E-state index contributed by atoms with van der Waals surface area (Å²) in [4.78, 5) is 17.3. The van der Waals surface area contributed by atoms with Crippen molar-refractivity contribution in [3.05, 3.63) is 70.9 Å². The van der Waals surface area contributed by atoms with E-state index in [1.807, 2.05) is 77.1 Å². The lowest BCUT2D eigenvalue weighted by Gasteiger charge is -2.29. The fourth-order valence-corrected chi connectivity index (χ4v) is 4.49. The molecule has 0 saturated heterocycles. The number of nitrogens with zero attached hydrogens (tertiary/aromatic N) is 1. The fraction of sp³-hybridized carbons (Fsp3) is 0.357. The van der Waals surface area contributed by atoms with Gasteiger partial charge in [0.1, 0.15) is 5.75 Å². The fourth-order valence-electron chi connectivity index (χ4n) is 4.49. The molecule has 172 valence electrons. The molecular weight excluding hydrogens is 414 g/mol. The molecule has 0 saturated carbocycles. The highest BCUT2D eigenvalue weighted by molar-refractivity contribution is 5.85. The van der Waals surface area contributed by atoms with Gasteiger partial charge < -0.3 is 14.6 Å². The van der Waals surface area contributed by atoms with Gasteiger partial charge in [0.25, 0.3) is 0 Å². The van der Waals surface area contributed by atoms with Crippen LogP contribution < -0.4 is 4.74 Å². The van der Waals surface area contributed by atoms with Crippen molar-refractivity contribution in [3.8, 4) is 28.1 Å². The van der Waals surface area contributed by atoms with E-state index in [0.717, 1.165) is 58.7 Å². The van der Waals surface area contributed by atoms with Crippen LogP contribution in [0.25, 0.3) is 22.4 Å². The third-order valence-electron chi connectivity index (χ3n) is 5.87. The second-order valence-electron chi connectivity index (χ2n) is 9.55. The minimum absolute atomic E-state index is 0.603. The standard InChI is InChI=1S/C28H31NO4/c1-17-23(21-13-14-22-20(16-21)12-9-15-32-22)24(26(27(30)31)33-28(3,4)5)18(2)29-25(17)19-10-7-6-8-11-19/h6-8,10-11,13-14,16,26H,9,12,15H2,1-5H3,(H,30,31)/t26-/m0/s1. The Bertz CT molecular complexity index is 1180. The van der Waals surface area contributed by atoms with E-state index in [-0.39, 0.29) is 0 Å². The zero-order valence-corrected chi connectivity index (χ0v) is 19.9. The van der Waals surface area contributed by atoms with Crippen molar-refractivity contribution >= 4 is 5.97 Å². The number of carbonyl (C=O) groups is 1. The molecule has 5 nitrogen and oxygen atoms in total. The molecule has 0 spiro atoms. The summed E-state index contributed by atoms with van der Waals surface area (Å²) in [7, 11) is 0. The zero-order chi connectivity index (χ0) is 23.8. The molecule has 0 bridgehead atoms.